The first-order valence-electron chi connectivity index (χ1n) is 8.19. The van der Waals surface area contributed by atoms with Crippen molar-refractivity contribution in [2.75, 3.05) is 26.2 Å². The number of benzene rings is 1. The molecule has 3 nitrogen and oxygen atoms in total. The number of nitrogens with one attached hydrogen (secondary N) is 1. The fourth-order valence-electron chi connectivity index (χ4n) is 3.69. The minimum Gasteiger partial charge on any atom is -0.493 e. The van der Waals surface area contributed by atoms with Crippen LogP contribution in [0.3, 0.4) is 0 Å². The second-order valence-corrected chi connectivity index (χ2v) is 7.55. The number of fused-ring (bicyclic) bond motifs is 1. The number of halogens is 1. The van der Waals surface area contributed by atoms with E-state index in [4.69, 9.17) is 4.74 Å². The highest BCUT2D eigenvalue weighted by Crippen LogP contribution is 2.36. The summed E-state index contributed by atoms with van der Waals surface area (Å²) < 4.78 is 7.07. The van der Waals surface area contributed by atoms with E-state index >= 15 is 0 Å². The molecule has 1 saturated heterocycles. The van der Waals surface area contributed by atoms with Crippen molar-refractivity contribution >= 4 is 15.9 Å². The van der Waals surface area contributed by atoms with Gasteiger partial charge in [-0.2, -0.15) is 0 Å². The summed E-state index contributed by atoms with van der Waals surface area (Å²) in [5, 5.41) is 3.74. The second kappa shape index (κ2) is 5.90. The van der Waals surface area contributed by atoms with Crippen LogP contribution in [0.1, 0.15) is 30.4 Å². The van der Waals surface area contributed by atoms with Crippen LogP contribution in [0.15, 0.2) is 16.6 Å². The van der Waals surface area contributed by atoms with Crippen LogP contribution in [-0.4, -0.2) is 37.2 Å². The molecule has 0 bridgehead atoms. The quantitative estimate of drug-likeness (QED) is 0.906. The van der Waals surface area contributed by atoms with Gasteiger partial charge in [-0.05, 0) is 56.0 Å². The average molecular weight is 351 g/mol. The lowest BCUT2D eigenvalue weighted by Gasteiger charge is -2.25. The third-order valence-corrected chi connectivity index (χ3v) is 5.38. The number of hydrogen-bond acceptors (Lipinski definition) is 3. The summed E-state index contributed by atoms with van der Waals surface area (Å²) >= 11 is 3.65. The van der Waals surface area contributed by atoms with Crippen molar-refractivity contribution in [2.24, 2.45) is 5.92 Å². The lowest BCUT2D eigenvalue weighted by Crippen LogP contribution is -2.39. The normalized spacial score (nSPS) is 26.2. The predicted octanol–water partition coefficient (Wildman–Crippen LogP) is 2.96. The number of ether oxygens (including phenoxy) is 1. The molecule has 114 valence electrons. The summed E-state index contributed by atoms with van der Waals surface area (Å²) in [5.74, 6) is 2.08. The van der Waals surface area contributed by atoms with Gasteiger partial charge in [0.15, 0.2) is 0 Å². The Kier molecular flexibility index (Phi) is 3.94. The van der Waals surface area contributed by atoms with Gasteiger partial charge < -0.3 is 10.1 Å². The van der Waals surface area contributed by atoms with E-state index in [1.54, 1.807) is 0 Å². The Labute approximate surface area is 135 Å². The van der Waals surface area contributed by atoms with E-state index in [0.717, 1.165) is 31.2 Å². The van der Waals surface area contributed by atoms with Crippen LogP contribution in [0.5, 0.6) is 5.75 Å². The van der Waals surface area contributed by atoms with E-state index in [0.29, 0.717) is 6.04 Å². The maximum absolute atomic E-state index is 5.88. The topological polar surface area (TPSA) is 24.5 Å². The maximum Gasteiger partial charge on any atom is 0.127 e. The van der Waals surface area contributed by atoms with Crippen molar-refractivity contribution < 1.29 is 4.74 Å². The molecule has 2 fully saturated rings. The molecular formula is C17H23BrN2O. The zero-order valence-corrected chi connectivity index (χ0v) is 14.0. The first-order valence-corrected chi connectivity index (χ1v) is 8.99. The molecule has 1 unspecified atom stereocenters. The van der Waals surface area contributed by atoms with Crippen molar-refractivity contribution in [3.05, 3.63) is 27.7 Å². The van der Waals surface area contributed by atoms with Crippen LogP contribution in [0.2, 0.25) is 0 Å². The Bertz CT molecular complexity index is 530. The fourth-order valence-corrected chi connectivity index (χ4v) is 4.24. The summed E-state index contributed by atoms with van der Waals surface area (Å²) in [4.78, 5) is 2.62. The molecule has 4 heteroatoms. The van der Waals surface area contributed by atoms with E-state index < -0.39 is 0 Å². The monoisotopic (exact) mass is 350 g/mol. The zero-order valence-electron chi connectivity index (χ0n) is 12.4. The number of hydrogen-bond donors (Lipinski definition) is 1. The molecule has 3 aliphatic rings. The Hall–Kier alpha value is -0.580. The second-order valence-electron chi connectivity index (χ2n) is 6.64. The molecule has 1 aliphatic carbocycles. The van der Waals surface area contributed by atoms with Crippen molar-refractivity contribution in [3.63, 3.8) is 0 Å². The van der Waals surface area contributed by atoms with E-state index in [-0.39, 0.29) is 0 Å². The standard InChI is InChI=1S/C17H23BrN2O/c18-15-8-13-4-7-21-17(13)14(9-15)10-20-6-1-5-19-16(11-20)12-2-3-12/h8-9,12,16,19H,1-7,10-11H2. The summed E-state index contributed by atoms with van der Waals surface area (Å²) in [6, 6.07) is 5.16. The van der Waals surface area contributed by atoms with Gasteiger partial charge in [0.25, 0.3) is 0 Å². The van der Waals surface area contributed by atoms with E-state index in [9.17, 15) is 0 Å². The van der Waals surface area contributed by atoms with Crippen molar-refractivity contribution in [1.29, 1.82) is 0 Å². The summed E-state index contributed by atoms with van der Waals surface area (Å²) in [7, 11) is 0. The predicted molar refractivity (Wildman–Crippen MR) is 87.7 cm³/mol. The molecule has 1 aromatic rings. The lowest BCUT2D eigenvalue weighted by atomic mass is 10.1. The molecule has 0 spiro atoms. The van der Waals surface area contributed by atoms with Crippen LogP contribution in [-0.2, 0) is 13.0 Å². The van der Waals surface area contributed by atoms with Crippen molar-refractivity contribution in [2.45, 2.75) is 38.3 Å². The Balaban J connectivity index is 1.52. The maximum atomic E-state index is 5.88. The average Bonchev–Trinajstić information content (AvgIpc) is 3.22. The highest BCUT2D eigenvalue weighted by Gasteiger charge is 2.33. The zero-order chi connectivity index (χ0) is 14.2. The summed E-state index contributed by atoms with van der Waals surface area (Å²) in [6.45, 7) is 5.41. The molecule has 1 aromatic carbocycles. The van der Waals surface area contributed by atoms with Crippen LogP contribution in [0, 0.1) is 5.92 Å². The van der Waals surface area contributed by atoms with Gasteiger partial charge in [-0.1, -0.05) is 15.9 Å². The number of rotatable bonds is 3. The molecule has 1 atom stereocenters. The molecule has 4 rings (SSSR count). The van der Waals surface area contributed by atoms with E-state index in [2.05, 4.69) is 38.3 Å². The minimum atomic E-state index is 0.702. The van der Waals surface area contributed by atoms with Crippen LogP contribution in [0.25, 0.3) is 0 Å². The summed E-state index contributed by atoms with van der Waals surface area (Å²) in [5.41, 5.74) is 2.72. The third kappa shape index (κ3) is 3.13. The first kappa shape index (κ1) is 14.0. The van der Waals surface area contributed by atoms with Gasteiger partial charge >= 0.3 is 0 Å². The Morgan fingerprint density at radius 1 is 1.33 bits per heavy atom. The van der Waals surface area contributed by atoms with Gasteiger partial charge in [0.1, 0.15) is 5.75 Å². The molecular weight excluding hydrogens is 328 g/mol. The molecule has 1 saturated carbocycles. The minimum absolute atomic E-state index is 0.702. The third-order valence-electron chi connectivity index (χ3n) is 4.92. The smallest absolute Gasteiger partial charge is 0.127 e. The largest absolute Gasteiger partial charge is 0.493 e. The molecule has 21 heavy (non-hydrogen) atoms. The van der Waals surface area contributed by atoms with Gasteiger partial charge in [-0.3, -0.25) is 4.90 Å². The SMILES string of the molecule is Brc1cc2c(c(CN3CCCNC(C4CC4)C3)c1)OCC2. The van der Waals surface area contributed by atoms with Gasteiger partial charge in [0.2, 0.25) is 0 Å². The summed E-state index contributed by atoms with van der Waals surface area (Å²) in [6.07, 6.45) is 5.14. The van der Waals surface area contributed by atoms with Crippen molar-refractivity contribution in [3.8, 4) is 5.75 Å². The van der Waals surface area contributed by atoms with E-state index in [1.807, 2.05) is 0 Å². The Morgan fingerprint density at radius 2 is 2.24 bits per heavy atom. The molecule has 1 N–H and O–H groups in total. The highest BCUT2D eigenvalue weighted by atomic mass is 79.9. The van der Waals surface area contributed by atoms with E-state index in [1.165, 1.54) is 54.5 Å². The van der Waals surface area contributed by atoms with Gasteiger partial charge in [0.05, 0.1) is 6.61 Å². The molecule has 0 radical (unpaired) electrons. The first-order chi connectivity index (χ1) is 10.3. The van der Waals surface area contributed by atoms with Crippen molar-refractivity contribution in [1.82, 2.24) is 10.2 Å². The Morgan fingerprint density at radius 3 is 3.10 bits per heavy atom. The van der Waals surface area contributed by atoms with Gasteiger partial charge in [-0.15, -0.1) is 0 Å². The van der Waals surface area contributed by atoms with Crippen LogP contribution >= 0.6 is 15.9 Å². The highest BCUT2D eigenvalue weighted by molar-refractivity contribution is 9.10. The van der Waals surface area contributed by atoms with Crippen LogP contribution < -0.4 is 10.1 Å². The number of nitrogens with zero attached hydrogens (tertiary/aromatic N) is 1. The lowest BCUT2D eigenvalue weighted by molar-refractivity contribution is 0.246. The fraction of sp³-hybridized carbons (Fsp3) is 0.647. The molecule has 2 heterocycles. The molecule has 2 aliphatic heterocycles. The molecule has 0 aromatic heterocycles. The van der Waals surface area contributed by atoms with Gasteiger partial charge in [-0.25, -0.2) is 0 Å². The van der Waals surface area contributed by atoms with Gasteiger partial charge in [0, 0.05) is 35.6 Å². The van der Waals surface area contributed by atoms with Crippen LogP contribution in [0.4, 0.5) is 0 Å². The molecule has 0 amide bonds.